The van der Waals surface area contributed by atoms with E-state index in [0.29, 0.717) is 31.2 Å². The Morgan fingerprint density at radius 3 is 2.20 bits per heavy atom. The van der Waals surface area contributed by atoms with Crippen LogP contribution >= 0.6 is 0 Å². The molecule has 0 radical (unpaired) electrons. The molecule has 2 amide bonds. The van der Waals surface area contributed by atoms with Gasteiger partial charge in [-0.3, -0.25) is 9.59 Å². The number of carbonyl (C=O) groups is 2. The Hall–Kier alpha value is -4.00. The summed E-state index contributed by atoms with van der Waals surface area (Å²) in [5.41, 5.74) is 3.07. The summed E-state index contributed by atoms with van der Waals surface area (Å²) in [6.45, 7) is 6.98. The van der Waals surface area contributed by atoms with E-state index in [0.717, 1.165) is 43.0 Å². The fourth-order valence-corrected chi connectivity index (χ4v) is 6.14. The number of nitrogens with one attached hydrogen (secondary N) is 3. The number of carbonyl (C=O) groups excluding carboxylic acids is 2. The molecule has 1 aliphatic heterocycles. The molecular weight excluding hydrogens is 544 g/mol. The molecule has 0 aromatic heterocycles. The molecule has 0 saturated carbocycles. The first-order chi connectivity index (χ1) is 21.5. The van der Waals surface area contributed by atoms with Gasteiger partial charge in [-0.15, -0.1) is 0 Å². The highest BCUT2D eigenvalue weighted by Gasteiger charge is 2.32. The van der Waals surface area contributed by atoms with Gasteiger partial charge in [-0.1, -0.05) is 111 Å². The molecular formula is C38H46N4O2. The van der Waals surface area contributed by atoms with Gasteiger partial charge in [0.15, 0.2) is 0 Å². The Balaban J connectivity index is 1.29. The fraction of sp³-hybridized carbons (Fsp3) is 0.368. The van der Waals surface area contributed by atoms with Crippen molar-refractivity contribution in [3.8, 4) is 0 Å². The Labute approximate surface area is 262 Å². The summed E-state index contributed by atoms with van der Waals surface area (Å²) >= 11 is 0. The van der Waals surface area contributed by atoms with E-state index in [9.17, 15) is 9.59 Å². The van der Waals surface area contributed by atoms with E-state index in [1.54, 1.807) is 0 Å². The van der Waals surface area contributed by atoms with E-state index in [1.807, 2.05) is 48.5 Å². The van der Waals surface area contributed by atoms with Gasteiger partial charge in [-0.2, -0.15) is 0 Å². The van der Waals surface area contributed by atoms with Gasteiger partial charge in [0.2, 0.25) is 5.91 Å². The van der Waals surface area contributed by atoms with E-state index in [-0.39, 0.29) is 29.8 Å². The topological polar surface area (TPSA) is 73.5 Å². The highest BCUT2D eigenvalue weighted by atomic mass is 16.2. The van der Waals surface area contributed by atoms with Crippen molar-refractivity contribution in [2.75, 3.05) is 26.2 Å². The number of amides is 2. The van der Waals surface area contributed by atoms with Crippen molar-refractivity contribution in [1.82, 2.24) is 20.9 Å². The number of hydrogen-bond acceptors (Lipinski definition) is 4. The van der Waals surface area contributed by atoms with Crippen LogP contribution in [0.5, 0.6) is 0 Å². The summed E-state index contributed by atoms with van der Waals surface area (Å²) < 4.78 is 0. The quantitative estimate of drug-likeness (QED) is 0.164. The van der Waals surface area contributed by atoms with Crippen molar-refractivity contribution in [3.05, 3.63) is 120 Å². The molecule has 4 aromatic carbocycles. The number of unbranched alkanes of at least 4 members (excludes halogenated alkanes) is 1. The van der Waals surface area contributed by atoms with Gasteiger partial charge in [-0.05, 0) is 59.8 Å². The van der Waals surface area contributed by atoms with Crippen molar-refractivity contribution in [2.45, 2.75) is 63.6 Å². The van der Waals surface area contributed by atoms with Gasteiger partial charge in [0.1, 0.15) is 0 Å². The molecule has 1 saturated heterocycles. The van der Waals surface area contributed by atoms with Crippen LogP contribution in [0.15, 0.2) is 103 Å². The van der Waals surface area contributed by atoms with Crippen LogP contribution in [-0.4, -0.2) is 61.0 Å². The highest BCUT2D eigenvalue weighted by Crippen LogP contribution is 2.27. The molecule has 0 spiro atoms. The maximum absolute atomic E-state index is 14.1. The summed E-state index contributed by atoms with van der Waals surface area (Å²) in [7, 11) is 0. The molecule has 6 heteroatoms. The van der Waals surface area contributed by atoms with Gasteiger partial charge in [0.25, 0.3) is 5.91 Å². The lowest BCUT2D eigenvalue weighted by molar-refractivity contribution is -0.133. The third-order valence-electron chi connectivity index (χ3n) is 8.59. The SMILES string of the molecule is CC(C)NCCCCC1NC(CNC(=O)c2ccc3ccccc3c2)CCN(CC(c2ccccc2)c2ccccc2)C1=O. The zero-order chi connectivity index (χ0) is 30.7. The monoisotopic (exact) mass is 590 g/mol. The van der Waals surface area contributed by atoms with E-state index in [1.165, 1.54) is 11.1 Å². The van der Waals surface area contributed by atoms with Crippen LogP contribution in [0.4, 0.5) is 0 Å². The molecule has 4 aromatic rings. The third-order valence-corrected chi connectivity index (χ3v) is 8.59. The van der Waals surface area contributed by atoms with Crippen molar-refractivity contribution in [1.29, 1.82) is 0 Å². The van der Waals surface area contributed by atoms with Gasteiger partial charge in [0, 0.05) is 43.2 Å². The molecule has 0 aliphatic carbocycles. The Morgan fingerprint density at radius 2 is 1.52 bits per heavy atom. The molecule has 1 fully saturated rings. The third kappa shape index (κ3) is 8.55. The van der Waals surface area contributed by atoms with Crippen LogP contribution in [0.1, 0.15) is 66.9 Å². The number of benzene rings is 4. The average molecular weight is 591 g/mol. The minimum Gasteiger partial charge on any atom is -0.350 e. The zero-order valence-corrected chi connectivity index (χ0v) is 26.0. The first kappa shape index (κ1) is 31.4. The Kier molecular flexibility index (Phi) is 11.2. The maximum Gasteiger partial charge on any atom is 0.251 e. The molecule has 3 N–H and O–H groups in total. The van der Waals surface area contributed by atoms with Gasteiger partial charge >= 0.3 is 0 Å². The molecule has 2 atom stereocenters. The van der Waals surface area contributed by atoms with Crippen LogP contribution in [-0.2, 0) is 4.79 Å². The molecule has 6 nitrogen and oxygen atoms in total. The average Bonchev–Trinajstić information content (AvgIpc) is 3.20. The van der Waals surface area contributed by atoms with Crippen molar-refractivity contribution >= 4 is 22.6 Å². The lowest BCUT2D eigenvalue weighted by atomic mass is 9.90. The molecule has 44 heavy (non-hydrogen) atoms. The van der Waals surface area contributed by atoms with Crippen LogP contribution in [0.2, 0.25) is 0 Å². The summed E-state index contributed by atoms with van der Waals surface area (Å²) in [6.07, 6.45) is 3.51. The second kappa shape index (κ2) is 15.6. The van der Waals surface area contributed by atoms with Crippen molar-refractivity contribution in [3.63, 3.8) is 0 Å². The molecule has 230 valence electrons. The second-order valence-corrected chi connectivity index (χ2v) is 12.2. The second-order valence-electron chi connectivity index (χ2n) is 12.2. The number of nitrogens with zero attached hydrogens (tertiary/aromatic N) is 1. The molecule has 2 unspecified atom stereocenters. The number of hydrogen-bond donors (Lipinski definition) is 3. The first-order valence-corrected chi connectivity index (χ1v) is 16.1. The smallest absolute Gasteiger partial charge is 0.251 e. The predicted molar refractivity (Wildman–Crippen MR) is 180 cm³/mol. The van der Waals surface area contributed by atoms with Crippen molar-refractivity contribution in [2.24, 2.45) is 0 Å². The van der Waals surface area contributed by atoms with Gasteiger partial charge in [0.05, 0.1) is 6.04 Å². The fourth-order valence-electron chi connectivity index (χ4n) is 6.14. The minimum absolute atomic E-state index is 0.000883. The van der Waals surface area contributed by atoms with Crippen LogP contribution in [0.3, 0.4) is 0 Å². The van der Waals surface area contributed by atoms with E-state index in [2.05, 4.69) is 89.3 Å². The van der Waals surface area contributed by atoms with Gasteiger partial charge < -0.3 is 20.9 Å². The lowest BCUT2D eigenvalue weighted by Gasteiger charge is -2.29. The Bertz CT molecular complexity index is 1450. The van der Waals surface area contributed by atoms with E-state index < -0.39 is 0 Å². The molecule has 1 aliphatic rings. The van der Waals surface area contributed by atoms with Crippen LogP contribution < -0.4 is 16.0 Å². The van der Waals surface area contributed by atoms with Gasteiger partial charge in [-0.25, -0.2) is 0 Å². The zero-order valence-electron chi connectivity index (χ0n) is 26.0. The summed E-state index contributed by atoms with van der Waals surface area (Å²) in [4.78, 5) is 29.3. The standard InChI is InChI=1S/C38H46N4O2/c1-28(2)39-23-12-11-19-36-38(44)42(27-35(30-14-5-3-6-15-30)31-16-7-4-8-17-31)24-22-34(41-36)26-40-37(43)33-21-20-29-13-9-10-18-32(29)25-33/h3-10,13-18,20-21,25,28,34-36,39,41H,11-12,19,22-24,26-27H2,1-2H3,(H,40,43). The highest BCUT2D eigenvalue weighted by molar-refractivity contribution is 5.98. The number of fused-ring (bicyclic) bond motifs is 1. The first-order valence-electron chi connectivity index (χ1n) is 16.1. The number of rotatable bonds is 13. The van der Waals surface area contributed by atoms with Crippen molar-refractivity contribution < 1.29 is 9.59 Å². The van der Waals surface area contributed by atoms with Crippen LogP contribution in [0.25, 0.3) is 10.8 Å². The minimum atomic E-state index is -0.286. The predicted octanol–water partition coefficient (Wildman–Crippen LogP) is 6.13. The molecule has 1 heterocycles. The summed E-state index contributed by atoms with van der Waals surface area (Å²) in [5, 5.41) is 12.5. The normalized spacial score (nSPS) is 17.3. The Morgan fingerprint density at radius 1 is 0.864 bits per heavy atom. The lowest BCUT2D eigenvalue weighted by Crippen LogP contribution is -2.49. The largest absolute Gasteiger partial charge is 0.350 e. The van der Waals surface area contributed by atoms with Crippen LogP contribution in [0, 0.1) is 0 Å². The summed E-state index contributed by atoms with van der Waals surface area (Å²) in [5.74, 6) is 0.151. The maximum atomic E-state index is 14.1. The summed E-state index contributed by atoms with van der Waals surface area (Å²) in [6, 6.07) is 35.0. The van der Waals surface area contributed by atoms with E-state index >= 15 is 0 Å². The molecule has 5 rings (SSSR count). The van der Waals surface area contributed by atoms with E-state index in [4.69, 9.17) is 0 Å². The molecule has 0 bridgehead atoms.